The van der Waals surface area contributed by atoms with Crippen LogP contribution in [0.15, 0.2) is 42.5 Å². The Morgan fingerprint density at radius 1 is 0.962 bits per heavy atom. The number of hydrogen-bond donors (Lipinski definition) is 1. The molecular weight excluding hydrogens is 334 g/mol. The third-order valence-corrected chi connectivity index (χ3v) is 4.10. The number of hydrogen-bond acceptors (Lipinski definition) is 6. The van der Waals surface area contributed by atoms with Crippen LogP contribution in [0, 0.1) is 0 Å². The van der Waals surface area contributed by atoms with Crippen LogP contribution in [0.5, 0.6) is 17.2 Å². The lowest BCUT2D eigenvalue weighted by atomic mass is 10.0. The van der Waals surface area contributed by atoms with Gasteiger partial charge in [-0.2, -0.15) is 0 Å². The average Bonchev–Trinajstić information content (AvgIpc) is 2.70. The van der Waals surface area contributed by atoms with Gasteiger partial charge in [-0.3, -0.25) is 4.79 Å². The summed E-state index contributed by atoms with van der Waals surface area (Å²) < 4.78 is 21.1. The van der Waals surface area contributed by atoms with Gasteiger partial charge >= 0.3 is 5.97 Å². The van der Waals surface area contributed by atoms with Crippen LogP contribution in [0.25, 0.3) is 0 Å². The maximum Gasteiger partial charge on any atom is 0.305 e. The van der Waals surface area contributed by atoms with E-state index in [1.165, 1.54) is 7.11 Å². The highest BCUT2D eigenvalue weighted by Crippen LogP contribution is 2.41. The number of carbonyl (C=O) groups is 1. The van der Waals surface area contributed by atoms with Crippen molar-refractivity contribution in [1.82, 2.24) is 0 Å². The molecule has 0 saturated heterocycles. The molecule has 0 aliphatic carbocycles. The van der Waals surface area contributed by atoms with Crippen LogP contribution in [0.4, 0.5) is 5.69 Å². The van der Waals surface area contributed by atoms with Crippen LogP contribution in [0.1, 0.15) is 24.4 Å². The van der Waals surface area contributed by atoms with Crippen molar-refractivity contribution in [3.63, 3.8) is 0 Å². The first-order valence-electron chi connectivity index (χ1n) is 8.31. The predicted molar refractivity (Wildman–Crippen MR) is 100 cm³/mol. The Kier molecular flexibility index (Phi) is 7.14. The second-order valence-corrected chi connectivity index (χ2v) is 5.63. The van der Waals surface area contributed by atoms with Crippen molar-refractivity contribution < 1.29 is 23.7 Å². The molecule has 0 spiro atoms. The number of carbonyl (C=O) groups excluding carboxylic acids is 1. The smallest absolute Gasteiger partial charge is 0.305 e. The van der Waals surface area contributed by atoms with Crippen LogP contribution in [-0.4, -0.2) is 34.4 Å². The van der Waals surface area contributed by atoms with Gasteiger partial charge < -0.3 is 24.3 Å². The minimum Gasteiger partial charge on any atom is -0.496 e. The van der Waals surface area contributed by atoms with Crippen molar-refractivity contribution in [2.75, 3.05) is 33.8 Å². The number of anilines is 1. The third kappa shape index (κ3) is 4.81. The number of nitrogens with one attached hydrogen (secondary N) is 1. The van der Waals surface area contributed by atoms with Crippen molar-refractivity contribution in [3.05, 3.63) is 48.0 Å². The summed E-state index contributed by atoms with van der Waals surface area (Å²) in [6, 6.07) is 13.4. The maximum atomic E-state index is 11.6. The van der Waals surface area contributed by atoms with Crippen molar-refractivity contribution in [3.8, 4) is 17.2 Å². The fourth-order valence-corrected chi connectivity index (χ4v) is 2.69. The minimum absolute atomic E-state index is 0.119. The van der Waals surface area contributed by atoms with Gasteiger partial charge in [0, 0.05) is 18.6 Å². The van der Waals surface area contributed by atoms with Crippen LogP contribution >= 0.6 is 0 Å². The van der Waals surface area contributed by atoms with Crippen LogP contribution in [0.3, 0.4) is 0 Å². The van der Waals surface area contributed by atoms with E-state index < -0.39 is 0 Å². The van der Waals surface area contributed by atoms with E-state index in [1.807, 2.05) is 30.3 Å². The van der Waals surface area contributed by atoms with Gasteiger partial charge in [-0.1, -0.05) is 30.3 Å². The topological polar surface area (TPSA) is 66.0 Å². The molecule has 140 valence electrons. The summed E-state index contributed by atoms with van der Waals surface area (Å²) in [5.41, 5.74) is 1.76. The Balaban J connectivity index is 2.36. The molecule has 6 heteroatoms. The standard InChI is InChI=1S/C20H25NO5/c1-23-15-12-17(24-2)20(18(13-15)25-3)21-16(10-11-19(22)26-4)14-8-6-5-7-9-14/h5-9,12-13,16,21H,10-11H2,1-4H3. The number of rotatable bonds is 9. The maximum absolute atomic E-state index is 11.6. The molecule has 0 radical (unpaired) electrons. The van der Waals surface area contributed by atoms with Crippen molar-refractivity contribution in [2.24, 2.45) is 0 Å². The zero-order valence-corrected chi connectivity index (χ0v) is 15.6. The minimum atomic E-state index is -0.249. The van der Waals surface area contributed by atoms with Crippen LogP contribution in [-0.2, 0) is 9.53 Å². The molecule has 0 heterocycles. The normalized spacial score (nSPS) is 11.4. The number of esters is 1. The zero-order chi connectivity index (χ0) is 18.9. The molecule has 1 atom stereocenters. The molecule has 0 fully saturated rings. The Morgan fingerprint density at radius 3 is 2.08 bits per heavy atom. The van der Waals surface area contributed by atoms with Gasteiger partial charge in [-0.05, 0) is 12.0 Å². The first-order chi connectivity index (χ1) is 12.6. The SMILES string of the molecule is COC(=O)CCC(Nc1c(OC)cc(OC)cc1OC)c1ccccc1. The fraction of sp³-hybridized carbons (Fsp3) is 0.350. The Labute approximate surface area is 154 Å². The van der Waals surface area contributed by atoms with Gasteiger partial charge in [0.2, 0.25) is 0 Å². The van der Waals surface area contributed by atoms with E-state index in [4.69, 9.17) is 18.9 Å². The van der Waals surface area contributed by atoms with Crippen LogP contribution < -0.4 is 19.5 Å². The number of benzene rings is 2. The molecule has 0 aliphatic heterocycles. The molecule has 0 bridgehead atoms. The average molecular weight is 359 g/mol. The molecule has 0 saturated carbocycles. The van der Waals surface area contributed by atoms with Gasteiger partial charge in [0.15, 0.2) is 0 Å². The lowest BCUT2D eigenvalue weighted by molar-refractivity contribution is -0.140. The Hall–Kier alpha value is -2.89. The molecule has 2 rings (SSSR count). The largest absolute Gasteiger partial charge is 0.496 e. The summed E-state index contributed by atoms with van der Waals surface area (Å²) in [5.74, 6) is 1.58. The summed E-state index contributed by atoms with van der Waals surface area (Å²) in [7, 11) is 6.16. The lowest BCUT2D eigenvalue weighted by Crippen LogP contribution is -2.14. The molecule has 1 N–H and O–H groups in total. The molecule has 2 aromatic rings. The van der Waals surface area contributed by atoms with Gasteiger partial charge in [-0.25, -0.2) is 0 Å². The van der Waals surface area contributed by atoms with Crippen molar-refractivity contribution >= 4 is 11.7 Å². The monoisotopic (exact) mass is 359 g/mol. The molecule has 0 aromatic heterocycles. The molecule has 0 amide bonds. The highest BCUT2D eigenvalue weighted by molar-refractivity contribution is 5.71. The van der Waals surface area contributed by atoms with Crippen molar-refractivity contribution in [2.45, 2.75) is 18.9 Å². The van der Waals surface area contributed by atoms with E-state index in [0.717, 1.165) is 5.56 Å². The number of ether oxygens (including phenoxy) is 4. The van der Waals surface area contributed by atoms with E-state index in [-0.39, 0.29) is 12.0 Å². The third-order valence-electron chi connectivity index (χ3n) is 4.10. The Bertz CT molecular complexity index is 692. The van der Waals surface area contributed by atoms with E-state index in [0.29, 0.717) is 35.8 Å². The first kappa shape index (κ1) is 19.4. The summed E-state index contributed by atoms with van der Waals surface area (Å²) in [6.45, 7) is 0. The fourth-order valence-electron chi connectivity index (χ4n) is 2.69. The zero-order valence-electron chi connectivity index (χ0n) is 15.6. The second kappa shape index (κ2) is 9.56. The Morgan fingerprint density at radius 2 is 1.58 bits per heavy atom. The highest BCUT2D eigenvalue weighted by atomic mass is 16.5. The quantitative estimate of drug-likeness (QED) is 0.687. The summed E-state index contributed by atoms with van der Waals surface area (Å²) >= 11 is 0. The summed E-state index contributed by atoms with van der Waals surface area (Å²) in [5, 5.41) is 3.45. The van der Waals surface area contributed by atoms with Crippen LogP contribution in [0.2, 0.25) is 0 Å². The van der Waals surface area contributed by atoms with E-state index in [2.05, 4.69) is 5.32 Å². The first-order valence-corrected chi connectivity index (χ1v) is 8.31. The molecule has 26 heavy (non-hydrogen) atoms. The van der Waals surface area contributed by atoms with Gasteiger partial charge in [0.1, 0.15) is 22.9 Å². The predicted octanol–water partition coefficient (Wildman–Crippen LogP) is 3.82. The van der Waals surface area contributed by atoms with Gasteiger partial charge in [0.25, 0.3) is 0 Å². The molecule has 2 aromatic carbocycles. The van der Waals surface area contributed by atoms with E-state index in [9.17, 15) is 4.79 Å². The van der Waals surface area contributed by atoms with Crippen molar-refractivity contribution in [1.29, 1.82) is 0 Å². The van der Waals surface area contributed by atoms with Gasteiger partial charge in [0.05, 0.1) is 34.5 Å². The number of methoxy groups -OCH3 is 4. The van der Waals surface area contributed by atoms with Gasteiger partial charge in [-0.15, -0.1) is 0 Å². The molecule has 6 nitrogen and oxygen atoms in total. The molecule has 0 aliphatic rings. The lowest BCUT2D eigenvalue weighted by Gasteiger charge is -2.23. The molecule has 1 unspecified atom stereocenters. The highest BCUT2D eigenvalue weighted by Gasteiger charge is 2.20. The van der Waals surface area contributed by atoms with E-state index >= 15 is 0 Å². The molecular formula is C20H25NO5. The second-order valence-electron chi connectivity index (χ2n) is 5.63. The summed E-state index contributed by atoms with van der Waals surface area (Å²) in [6.07, 6.45) is 0.860. The van der Waals surface area contributed by atoms with E-state index in [1.54, 1.807) is 33.5 Å². The summed E-state index contributed by atoms with van der Waals surface area (Å²) in [4.78, 5) is 11.6.